The molecule has 170 valence electrons. The molecule has 1 aromatic carbocycles. The summed E-state index contributed by atoms with van der Waals surface area (Å²) in [6, 6.07) is 5.25. The minimum Gasteiger partial charge on any atom is -0.395 e. The summed E-state index contributed by atoms with van der Waals surface area (Å²) in [6.07, 6.45) is -3.02. The number of rotatable bonds is 5. The molecule has 2 aromatic heterocycles. The van der Waals surface area contributed by atoms with Gasteiger partial charge in [-0.3, -0.25) is 9.69 Å². The summed E-state index contributed by atoms with van der Waals surface area (Å²) in [5, 5.41) is 12.2. The standard InChI is InChI=1S/C21H23F3N6O2/c1-13-10-14(21(22,23)24)12-15(11-13)26-18-17-16(2-3-25-19(17)32)27-20(28-18)30-6-4-29(5-7-30)8-9-31/h2-3,10-12,31H,4-9H2,1H3,(H,25,32)(H,26,27,28). The van der Waals surface area contributed by atoms with Crippen LogP contribution in [0.2, 0.25) is 0 Å². The highest BCUT2D eigenvalue weighted by atomic mass is 19.4. The number of benzene rings is 1. The quantitative estimate of drug-likeness (QED) is 0.552. The van der Waals surface area contributed by atoms with Crippen molar-refractivity contribution in [2.45, 2.75) is 13.1 Å². The average Bonchev–Trinajstić information content (AvgIpc) is 2.73. The Balaban J connectivity index is 1.73. The topological polar surface area (TPSA) is 97.4 Å². The van der Waals surface area contributed by atoms with Gasteiger partial charge in [-0.2, -0.15) is 18.2 Å². The van der Waals surface area contributed by atoms with E-state index in [9.17, 15) is 18.0 Å². The van der Waals surface area contributed by atoms with Crippen LogP contribution >= 0.6 is 0 Å². The summed E-state index contributed by atoms with van der Waals surface area (Å²) in [5.41, 5.74) is -0.225. The van der Waals surface area contributed by atoms with Crippen LogP contribution in [0.5, 0.6) is 0 Å². The van der Waals surface area contributed by atoms with E-state index in [1.54, 1.807) is 19.1 Å². The maximum absolute atomic E-state index is 13.3. The third kappa shape index (κ3) is 4.68. The molecule has 0 saturated carbocycles. The van der Waals surface area contributed by atoms with E-state index < -0.39 is 17.3 Å². The molecule has 1 aliphatic rings. The fourth-order valence-corrected chi connectivity index (χ4v) is 3.78. The van der Waals surface area contributed by atoms with Crippen LogP contribution in [0.1, 0.15) is 11.1 Å². The lowest BCUT2D eigenvalue weighted by Crippen LogP contribution is -2.47. The van der Waals surface area contributed by atoms with Gasteiger partial charge in [-0.1, -0.05) is 0 Å². The first kappa shape index (κ1) is 22.0. The molecule has 1 aliphatic heterocycles. The Kier molecular flexibility index (Phi) is 6.02. The number of H-pyrrole nitrogens is 1. The Hall–Kier alpha value is -3.18. The van der Waals surface area contributed by atoms with Gasteiger partial charge in [-0.05, 0) is 36.8 Å². The molecule has 4 rings (SSSR count). The van der Waals surface area contributed by atoms with Gasteiger partial charge in [-0.25, -0.2) is 4.98 Å². The zero-order chi connectivity index (χ0) is 22.9. The van der Waals surface area contributed by atoms with E-state index >= 15 is 0 Å². The Labute approximate surface area is 181 Å². The second-order valence-corrected chi connectivity index (χ2v) is 7.70. The maximum Gasteiger partial charge on any atom is 0.416 e. The number of aromatic amines is 1. The van der Waals surface area contributed by atoms with Crippen LogP contribution < -0.4 is 15.8 Å². The minimum absolute atomic E-state index is 0.0831. The number of aryl methyl sites for hydroxylation is 1. The summed E-state index contributed by atoms with van der Waals surface area (Å²) in [5.74, 6) is 0.529. The number of β-amino-alcohol motifs (C(OH)–C–C–N with tert-alkyl or cyclic N) is 1. The van der Waals surface area contributed by atoms with Gasteiger partial charge in [0.25, 0.3) is 5.56 Å². The van der Waals surface area contributed by atoms with Crippen LogP contribution in [-0.4, -0.2) is 64.3 Å². The lowest BCUT2D eigenvalue weighted by Gasteiger charge is -2.34. The molecular weight excluding hydrogens is 425 g/mol. The molecule has 0 atom stereocenters. The van der Waals surface area contributed by atoms with Crippen LogP contribution in [0, 0.1) is 6.92 Å². The monoisotopic (exact) mass is 448 g/mol. The van der Waals surface area contributed by atoms with Gasteiger partial charge in [-0.15, -0.1) is 0 Å². The molecule has 3 heterocycles. The lowest BCUT2D eigenvalue weighted by molar-refractivity contribution is -0.137. The highest BCUT2D eigenvalue weighted by Crippen LogP contribution is 2.33. The van der Waals surface area contributed by atoms with Crippen LogP contribution in [-0.2, 0) is 6.18 Å². The molecule has 3 N–H and O–H groups in total. The van der Waals surface area contributed by atoms with Gasteiger partial charge < -0.3 is 20.3 Å². The van der Waals surface area contributed by atoms with E-state index in [1.807, 2.05) is 4.90 Å². The van der Waals surface area contributed by atoms with E-state index in [4.69, 9.17) is 5.11 Å². The summed E-state index contributed by atoms with van der Waals surface area (Å²) in [4.78, 5) is 28.1. The molecule has 8 nitrogen and oxygen atoms in total. The Bertz CT molecular complexity index is 1170. The van der Waals surface area contributed by atoms with Gasteiger partial charge in [0.2, 0.25) is 5.95 Å². The number of aliphatic hydroxyl groups excluding tert-OH is 1. The number of piperazine rings is 1. The van der Waals surface area contributed by atoms with Crippen molar-refractivity contribution in [2.24, 2.45) is 0 Å². The molecule has 0 amide bonds. The SMILES string of the molecule is Cc1cc(Nc2nc(N3CCN(CCO)CC3)nc3cc[nH]c(=O)c23)cc(C(F)(F)F)c1. The molecule has 11 heteroatoms. The van der Waals surface area contributed by atoms with Crippen molar-refractivity contribution >= 4 is 28.4 Å². The van der Waals surface area contributed by atoms with Gasteiger partial charge in [0.05, 0.1) is 17.7 Å². The van der Waals surface area contributed by atoms with Crippen molar-refractivity contribution in [1.29, 1.82) is 0 Å². The van der Waals surface area contributed by atoms with Crippen LogP contribution in [0.25, 0.3) is 10.9 Å². The zero-order valence-electron chi connectivity index (χ0n) is 17.4. The van der Waals surface area contributed by atoms with E-state index in [0.717, 1.165) is 12.1 Å². The van der Waals surface area contributed by atoms with Crippen LogP contribution in [0.15, 0.2) is 35.3 Å². The van der Waals surface area contributed by atoms with Gasteiger partial charge in [0.15, 0.2) is 0 Å². The minimum atomic E-state index is -4.49. The van der Waals surface area contributed by atoms with Crippen molar-refractivity contribution in [3.05, 3.63) is 51.9 Å². The van der Waals surface area contributed by atoms with Crippen molar-refractivity contribution in [1.82, 2.24) is 19.9 Å². The number of nitrogens with one attached hydrogen (secondary N) is 2. The second-order valence-electron chi connectivity index (χ2n) is 7.70. The van der Waals surface area contributed by atoms with Crippen LogP contribution in [0.3, 0.4) is 0 Å². The molecule has 0 unspecified atom stereocenters. The average molecular weight is 448 g/mol. The number of alkyl halides is 3. The predicted octanol–water partition coefficient (Wildman–Crippen LogP) is 2.50. The summed E-state index contributed by atoms with van der Waals surface area (Å²) in [6.45, 7) is 4.92. The third-order valence-corrected chi connectivity index (χ3v) is 5.35. The van der Waals surface area contributed by atoms with Crippen molar-refractivity contribution in [3.8, 4) is 0 Å². The number of aliphatic hydroxyl groups is 1. The van der Waals surface area contributed by atoms with Gasteiger partial charge in [0, 0.05) is 44.6 Å². The number of anilines is 3. The largest absolute Gasteiger partial charge is 0.416 e. The molecule has 32 heavy (non-hydrogen) atoms. The van der Waals surface area contributed by atoms with Crippen molar-refractivity contribution in [3.63, 3.8) is 0 Å². The van der Waals surface area contributed by atoms with Gasteiger partial charge >= 0.3 is 6.18 Å². The highest BCUT2D eigenvalue weighted by molar-refractivity contribution is 5.91. The third-order valence-electron chi connectivity index (χ3n) is 5.35. The number of hydrogen-bond donors (Lipinski definition) is 3. The van der Waals surface area contributed by atoms with E-state index in [0.29, 0.717) is 49.8 Å². The fraction of sp³-hybridized carbons (Fsp3) is 0.381. The van der Waals surface area contributed by atoms with E-state index in [2.05, 4.69) is 25.2 Å². The number of pyridine rings is 1. The first-order chi connectivity index (χ1) is 15.2. The molecule has 1 saturated heterocycles. The summed E-state index contributed by atoms with van der Waals surface area (Å²) >= 11 is 0. The van der Waals surface area contributed by atoms with Crippen LogP contribution in [0.4, 0.5) is 30.6 Å². The normalized spacial score (nSPS) is 15.3. The molecule has 0 radical (unpaired) electrons. The first-order valence-corrected chi connectivity index (χ1v) is 10.2. The summed E-state index contributed by atoms with van der Waals surface area (Å²) < 4.78 is 39.8. The van der Waals surface area contributed by atoms with Crippen molar-refractivity contribution in [2.75, 3.05) is 49.5 Å². The lowest BCUT2D eigenvalue weighted by atomic mass is 10.1. The van der Waals surface area contributed by atoms with E-state index in [1.165, 1.54) is 6.20 Å². The zero-order valence-corrected chi connectivity index (χ0v) is 17.4. The maximum atomic E-state index is 13.3. The molecule has 1 fully saturated rings. The number of halogens is 3. The number of nitrogens with zero attached hydrogens (tertiary/aromatic N) is 4. The number of hydrogen-bond acceptors (Lipinski definition) is 7. The molecular formula is C21H23F3N6O2. The fourth-order valence-electron chi connectivity index (χ4n) is 3.78. The van der Waals surface area contributed by atoms with Crippen molar-refractivity contribution < 1.29 is 18.3 Å². The first-order valence-electron chi connectivity index (χ1n) is 10.2. The Morgan fingerprint density at radius 1 is 1.16 bits per heavy atom. The Morgan fingerprint density at radius 3 is 2.59 bits per heavy atom. The predicted molar refractivity (Wildman–Crippen MR) is 115 cm³/mol. The number of aromatic nitrogens is 3. The Morgan fingerprint density at radius 2 is 1.91 bits per heavy atom. The second kappa shape index (κ2) is 8.75. The molecule has 3 aromatic rings. The smallest absolute Gasteiger partial charge is 0.395 e. The molecule has 0 bridgehead atoms. The molecule has 0 aliphatic carbocycles. The van der Waals surface area contributed by atoms with E-state index in [-0.39, 0.29) is 23.5 Å². The molecule has 0 spiro atoms. The highest BCUT2D eigenvalue weighted by Gasteiger charge is 2.31. The number of fused-ring (bicyclic) bond motifs is 1. The van der Waals surface area contributed by atoms with Gasteiger partial charge in [0.1, 0.15) is 11.2 Å². The summed E-state index contributed by atoms with van der Waals surface area (Å²) in [7, 11) is 0.